The van der Waals surface area contributed by atoms with E-state index in [1.807, 2.05) is 17.5 Å². The smallest absolute Gasteiger partial charge is 0.339 e. The fourth-order valence-corrected chi connectivity index (χ4v) is 4.38. The molecule has 0 aliphatic carbocycles. The summed E-state index contributed by atoms with van der Waals surface area (Å²) >= 11 is 2.90. The maximum absolute atomic E-state index is 12.5. The van der Waals surface area contributed by atoms with Crippen LogP contribution < -0.4 is 5.32 Å². The van der Waals surface area contributed by atoms with Gasteiger partial charge in [0, 0.05) is 15.2 Å². The number of ether oxygens (including phenoxy) is 1. The van der Waals surface area contributed by atoms with E-state index < -0.39 is 11.4 Å². The number of rotatable bonds is 9. The molecule has 162 valence electrons. The monoisotopic (exact) mass is 447 g/mol. The Bertz CT molecular complexity index is 870. The first-order valence-corrected chi connectivity index (χ1v) is 11.7. The summed E-state index contributed by atoms with van der Waals surface area (Å²) in [5.41, 5.74) is -0.210. The number of carbonyl (C=O) groups is 3. The van der Waals surface area contributed by atoms with Crippen molar-refractivity contribution in [1.29, 1.82) is 0 Å². The number of Topliss-reactive ketones (excluding diaryl/α,β-unsaturated/α-hetero) is 1. The van der Waals surface area contributed by atoms with Crippen LogP contribution in [0.1, 0.15) is 55.9 Å². The quantitative estimate of drug-likeness (QED) is 0.426. The lowest BCUT2D eigenvalue weighted by Crippen LogP contribution is -2.32. The lowest BCUT2D eigenvalue weighted by Gasteiger charge is -2.21. The zero-order chi connectivity index (χ0) is 22.3. The SMILES string of the molecule is CC(C)[C@H](NC(=O)CSc1ccccc1C(=O)OCC(=O)C(C)(C)C)c1cccs1. The van der Waals surface area contributed by atoms with Crippen LogP contribution in [0, 0.1) is 11.3 Å². The molecule has 0 spiro atoms. The van der Waals surface area contributed by atoms with Crippen LogP contribution in [0.2, 0.25) is 0 Å². The lowest BCUT2D eigenvalue weighted by atomic mass is 9.91. The highest BCUT2D eigenvalue weighted by Gasteiger charge is 2.24. The van der Waals surface area contributed by atoms with E-state index in [0.29, 0.717) is 10.5 Å². The molecule has 1 aromatic heterocycles. The first kappa shape index (κ1) is 24.2. The molecule has 5 nitrogen and oxygen atoms in total. The molecule has 0 aliphatic rings. The van der Waals surface area contributed by atoms with Crippen LogP contribution in [-0.2, 0) is 14.3 Å². The number of ketones is 1. The van der Waals surface area contributed by atoms with Gasteiger partial charge in [0.2, 0.25) is 5.91 Å². The van der Waals surface area contributed by atoms with Crippen molar-refractivity contribution in [3.05, 3.63) is 52.2 Å². The van der Waals surface area contributed by atoms with Gasteiger partial charge >= 0.3 is 5.97 Å². The Morgan fingerprint density at radius 3 is 2.40 bits per heavy atom. The van der Waals surface area contributed by atoms with E-state index in [1.54, 1.807) is 56.4 Å². The Morgan fingerprint density at radius 1 is 1.10 bits per heavy atom. The molecule has 7 heteroatoms. The van der Waals surface area contributed by atoms with E-state index in [4.69, 9.17) is 4.74 Å². The predicted octanol–water partition coefficient (Wildman–Crippen LogP) is 5.13. The highest BCUT2D eigenvalue weighted by Crippen LogP contribution is 2.27. The van der Waals surface area contributed by atoms with Crippen molar-refractivity contribution in [1.82, 2.24) is 5.32 Å². The number of thioether (sulfide) groups is 1. The molecule has 0 fully saturated rings. The molecule has 1 atom stereocenters. The van der Waals surface area contributed by atoms with Gasteiger partial charge in [0.05, 0.1) is 17.4 Å². The van der Waals surface area contributed by atoms with Crippen molar-refractivity contribution in [3.63, 3.8) is 0 Å². The fraction of sp³-hybridized carbons (Fsp3) is 0.435. The number of amides is 1. The Balaban J connectivity index is 1.98. The van der Waals surface area contributed by atoms with Crippen molar-refractivity contribution < 1.29 is 19.1 Å². The minimum absolute atomic E-state index is 0.0401. The van der Waals surface area contributed by atoms with E-state index in [-0.39, 0.29) is 36.0 Å². The second-order valence-corrected chi connectivity index (χ2v) is 10.3. The summed E-state index contributed by atoms with van der Waals surface area (Å²) < 4.78 is 5.21. The molecule has 1 heterocycles. The Morgan fingerprint density at radius 2 is 1.80 bits per heavy atom. The summed E-state index contributed by atoms with van der Waals surface area (Å²) in [4.78, 5) is 38.8. The molecule has 0 saturated carbocycles. The predicted molar refractivity (Wildman–Crippen MR) is 122 cm³/mol. The molecular weight excluding hydrogens is 418 g/mol. The Hall–Kier alpha value is -2.12. The van der Waals surface area contributed by atoms with Crippen LogP contribution in [0.4, 0.5) is 0 Å². The first-order valence-electron chi connectivity index (χ1n) is 9.84. The molecule has 2 rings (SSSR count). The van der Waals surface area contributed by atoms with Gasteiger partial charge < -0.3 is 10.1 Å². The second-order valence-electron chi connectivity index (χ2n) is 8.34. The minimum Gasteiger partial charge on any atom is -0.454 e. The van der Waals surface area contributed by atoms with Gasteiger partial charge in [-0.05, 0) is 29.5 Å². The molecule has 1 N–H and O–H groups in total. The van der Waals surface area contributed by atoms with Crippen LogP contribution in [0.15, 0.2) is 46.7 Å². The molecule has 30 heavy (non-hydrogen) atoms. The molecule has 0 radical (unpaired) electrons. The number of benzene rings is 1. The van der Waals surface area contributed by atoms with Crippen molar-refractivity contribution >= 4 is 40.8 Å². The Kier molecular flexibility index (Phi) is 8.67. The largest absolute Gasteiger partial charge is 0.454 e. The number of hydrogen-bond donors (Lipinski definition) is 1. The standard InChI is InChI=1S/C23H29NO4S2/c1-15(2)21(18-11-8-12-29-18)24-20(26)14-30-17-10-7-6-9-16(17)22(27)28-13-19(25)23(3,4)5/h6-12,15,21H,13-14H2,1-5H3,(H,24,26)/t21-/m0/s1. The van der Waals surface area contributed by atoms with Crippen LogP contribution in [0.5, 0.6) is 0 Å². The van der Waals surface area contributed by atoms with Gasteiger partial charge in [0.1, 0.15) is 0 Å². The van der Waals surface area contributed by atoms with Crippen LogP contribution in [-0.4, -0.2) is 30.0 Å². The summed E-state index contributed by atoms with van der Waals surface area (Å²) in [5.74, 6) is -0.360. The maximum Gasteiger partial charge on any atom is 0.339 e. The van der Waals surface area contributed by atoms with Crippen molar-refractivity contribution in [2.24, 2.45) is 11.3 Å². The number of carbonyl (C=O) groups excluding carboxylic acids is 3. The zero-order valence-electron chi connectivity index (χ0n) is 18.1. The molecule has 0 aliphatic heterocycles. The topological polar surface area (TPSA) is 72.5 Å². The van der Waals surface area contributed by atoms with E-state index in [2.05, 4.69) is 19.2 Å². The van der Waals surface area contributed by atoms with Gasteiger partial charge in [0.15, 0.2) is 12.4 Å². The van der Waals surface area contributed by atoms with E-state index >= 15 is 0 Å². The van der Waals surface area contributed by atoms with Crippen molar-refractivity contribution in [2.45, 2.75) is 45.6 Å². The second kappa shape index (κ2) is 10.8. The summed E-state index contributed by atoms with van der Waals surface area (Å²) in [6, 6.07) is 10.9. The van der Waals surface area contributed by atoms with Gasteiger partial charge in [-0.15, -0.1) is 23.1 Å². The van der Waals surface area contributed by atoms with Crippen LogP contribution >= 0.6 is 23.1 Å². The fourth-order valence-electron chi connectivity index (χ4n) is 2.58. The Labute approximate surface area is 186 Å². The summed E-state index contributed by atoms with van der Waals surface area (Å²) in [5, 5.41) is 5.08. The highest BCUT2D eigenvalue weighted by molar-refractivity contribution is 8.00. The number of thiophene rings is 1. The molecule has 1 amide bonds. The third-order valence-corrected chi connectivity index (χ3v) is 6.50. The summed E-state index contributed by atoms with van der Waals surface area (Å²) in [7, 11) is 0. The molecular formula is C23H29NO4S2. The number of nitrogens with one attached hydrogen (secondary N) is 1. The number of esters is 1. The van der Waals surface area contributed by atoms with E-state index in [0.717, 1.165) is 4.88 Å². The van der Waals surface area contributed by atoms with Gasteiger partial charge in [-0.25, -0.2) is 4.79 Å². The van der Waals surface area contributed by atoms with Gasteiger partial charge in [-0.2, -0.15) is 0 Å². The molecule has 0 unspecified atom stereocenters. The van der Waals surface area contributed by atoms with Gasteiger partial charge in [0.25, 0.3) is 0 Å². The first-order chi connectivity index (χ1) is 14.1. The molecule has 0 bridgehead atoms. The van der Waals surface area contributed by atoms with Gasteiger partial charge in [-0.1, -0.05) is 52.8 Å². The maximum atomic E-state index is 12.5. The lowest BCUT2D eigenvalue weighted by molar-refractivity contribution is -0.129. The third-order valence-electron chi connectivity index (χ3n) is 4.47. The minimum atomic E-state index is -0.567. The molecule has 2 aromatic rings. The highest BCUT2D eigenvalue weighted by atomic mass is 32.2. The summed E-state index contributed by atoms with van der Waals surface area (Å²) in [6.45, 7) is 9.23. The third kappa shape index (κ3) is 6.99. The average molecular weight is 448 g/mol. The van der Waals surface area contributed by atoms with E-state index in [9.17, 15) is 14.4 Å². The van der Waals surface area contributed by atoms with Crippen molar-refractivity contribution in [2.75, 3.05) is 12.4 Å². The van der Waals surface area contributed by atoms with Crippen LogP contribution in [0.25, 0.3) is 0 Å². The normalized spacial score (nSPS) is 12.5. The summed E-state index contributed by atoms with van der Waals surface area (Å²) in [6.07, 6.45) is 0. The number of hydrogen-bond acceptors (Lipinski definition) is 6. The van der Waals surface area contributed by atoms with Crippen molar-refractivity contribution in [3.8, 4) is 0 Å². The van der Waals surface area contributed by atoms with Gasteiger partial charge in [-0.3, -0.25) is 9.59 Å². The van der Waals surface area contributed by atoms with E-state index in [1.165, 1.54) is 11.8 Å². The molecule has 0 saturated heterocycles. The van der Waals surface area contributed by atoms with Crippen LogP contribution in [0.3, 0.4) is 0 Å². The molecule has 1 aromatic carbocycles. The zero-order valence-corrected chi connectivity index (χ0v) is 19.7. The average Bonchev–Trinajstić information content (AvgIpc) is 3.22.